The molecule has 2 atom stereocenters. The van der Waals surface area contributed by atoms with Crippen LogP contribution in [-0.4, -0.2) is 28.6 Å². The van der Waals surface area contributed by atoms with E-state index in [4.69, 9.17) is 10.9 Å². The van der Waals surface area contributed by atoms with Crippen LogP contribution in [0.3, 0.4) is 0 Å². The summed E-state index contributed by atoms with van der Waals surface area (Å²) in [7, 11) is 0. The molecule has 3 N–H and O–H groups in total. The van der Waals surface area contributed by atoms with Crippen LogP contribution < -0.4 is 10.6 Å². The molecule has 0 aromatic carbocycles. The maximum Gasteiger partial charge on any atom is 0.190 e. The SMILES string of the molecule is N/C(=N/O)c1ncccc1N1CC2CCC1C2. The molecule has 3 rings (SSSR count). The summed E-state index contributed by atoms with van der Waals surface area (Å²) in [6.45, 7) is 1.07. The molecular weight excluding hydrogens is 216 g/mol. The molecule has 2 fully saturated rings. The van der Waals surface area contributed by atoms with E-state index >= 15 is 0 Å². The average molecular weight is 232 g/mol. The highest BCUT2D eigenvalue weighted by Gasteiger charge is 2.38. The first-order chi connectivity index (χ1) is 8.29. The third-order valence-electron chi connectivity index (χ3n) is 3.86. The maximum atomic E-state index is 8.79. The van der Waals surface area contributed by atoms with Gasteiger partial charge in [-0.3, -0.25) is 4.98 Å². The molecule has 1 aromatic rings. The van der Waals surface area contributed by atoms with Crippen LogP contribution in [0.1, 0.15) is 25.0 Å². The Morgan fingerprint density at radius 3 is 3.06 bits per heavy atom. The number of amidine groups is 1. The highest BCUT2D eigenvalue weighted by Crippen LogP contribution is 2.40. The van der Waals surface area contributed by atoms with Gasteiger partial charge in [0, 0.05) is 18.8 Å². The molecule has 2 aliphatic rings. The summed E-state index contributed by atoms with van der Waals surface area (Å²) in [5, 5.41) is 11.8. The van der Waals surface area contributed by atoms with E-state index in [1.54, 1.807) is 6.20 Å². The fourth-order valence-electron chi connectivity index (χ4n) is 3.09. The lowest BCUT2D eigenvalue weighted by atomic mass is 10.1. The molecule has 0 spiro atoms. The highest BCUT2D eigenvalue weighted by molar-refractivity contribution is 6.00. The van der Waals surface area contributed by atoms with Crippen LogP contribution in [0, 0.1) is 5.92 Å². The Labute approximate surface area is 99.9 Å². The van der Waals surface area contributed by atoms with Crippen molar-refractivity contribution in [1.82, 2.24) is 4.98 Å². The van der Waals surface area contributed by atoms with E-state index in [-0.39, 0.29) is 5.84 Å². The predicted octanol–water partition coefficient (Wildman–Crippen LogP) is 1.16. The van der Waals surface area contributed by atoms with Crippen LogP contribution in [0.25, 0.3) is 0 Å². The lowest BCUT2D eigenvalue weighted by molar-refractivity contribution is 0.318. The van der Waals surface area contributed by atoms with Crippen LogP contribution >= 0.6 is 0 Å². The van der Waals surface area contributed by atoms with Crippen LogP contribution in [0.15, 0.2) is 23.5 Å². The Morgan fingerprint density at radius 1 is 1.53 bits per heavy atom. The normalized spacial score (nSPS) is 27.8. The minimum Gasteiger partial charge on any atom is -0.409 e. The zero-order valence-electron chi connectivity index (χ0n) is 9.58. The molecule has 2 heterocycles. The van der Waals surface area contributed by atoms with Gasteiger partial charge in [-0.05, 0) is 37.3 Å². The quantitative estimate of drug-likeness (QED) is 0.347. The number of piperidine rings is 1. The first kappa shape index (κ1) is 10.4. The van der Waals surface area contributed by atoms with Gasteiger partial charge < -0.3 is 15.8 Å². The van der Waals surface area contributed by atoms with E-state index < -0.39 is 0 Å². The van der Waals surface area contributed by atoms with Gasteiger partial charge in [-0.1, -0.05) is 5.16 Å². The second-order valence-corrected chi connectivity index (χ2v) is 4.84. The smallest absolute Gasteiger partial charge is 0.190 e. The van der Waals surface area contributed by atoms with Gasteiger partial charge in [-0.25, -0.2) is 0 Å². The van der Waals surface area contributed by atoms with Crippen molar-refractivity contribution in [2.24, 2.45) is 16.8 Å². The van der Waals surface area contributed by atoms with Crippen LogP contribution in [-0.2, 0) is 0 Å². The van der Waals surface area contributed by atoms with Gasteiger partial charge in [0.15, 0.2) is 5.84 Å². The Morgan fingerprint density at radius 2 is 2.41 bits per heavy atom. The van der Waals surface area contributed by atoms with E-state index in [1.165, 1.54) is 19.3 Å². The van der Waals surface area contributed by atoms with Crippen molar-refractivity contribution >= 4 is 11.5 Å². The van der Waals surface area contributed by atoms with Gasteiger partial charge in [0.25, 0.3) is 0 Å². The monoisotopic (exact) mass is 232 g/mol. The fourth-order valence-corrected chi connectivity index (χ4v) is 3.09. The third kappa shape index (κ3) is 1.62. The Kier molecular flexibility index (Phi) is 2.39. The molecule has 0 radical (unpaired) electrons. The second kappa shape index (κ2) is 3.91. The molecule has 1 saturated heterocycles. The number of pyridine rings is 1. The number of rotatable bonds is 2. The van der Waals surface area contributed by atoms with Gasteiger partial charge >= 0.3 is 0 Å². The number of nitrogens with zero attached hydrogens (tertiary/aromatic N) is 3. The van der Waals surface area contributed by atoms with Crippen molar-refractivity contribution in [3.63, 3.8) is 0 Å². The average Bonchev–Trinajstić information content (AvgIpc) is 3.00. The summed E-state index contributed by atoms with van der Waals surface area (Å²) in [5.41, 5.74) is 7.25. The van der Waals surface area contributed by atoms with Crippen LogP contribution in [0.2, 0.25) is 0 Å². The Hall–Kier alpha value is -1.78. The molecule has 5 nitrogen and oxygen atoms in total. The molecule has 1 aliphatic heterocycles. The number of anilines is 1. The summed E-state index contributed by atoms with van der Waals surface area (Å²) in [5.74, 6) is 0.892. The van der Waals surface area contributed by atoms with Crippen molar-refractivity contribution in [3.05, 3.63) is 24.0 Å². The highest BCUT2D eigenvalue weighted by atomic mass is 16.4. The first-order valence-electron chi connectivity index (χ1n) is 5.99. The Bertz CT molecular complexity index is 460. The lowest BCUT2D eigenvalue weighted by Gasteiger charge is -2.30. The van der Waals surface area contributed by atoms with Crippen LogP contribution in [0.5, 0.6) is 0 Å². The van der Waals surface area contributed by atoms with Crippen LogP contribution in [0.4, 0.5) is 5.69 Å². The standard InChI is InChI=1S/C12H16N4O/c13-12(15-17)11-10(2-1-5-14-11)16-7-8-3-4-9(16)6-8/h1-2,5,8-9,17H,3-4,6-7H2,(H2,13,15). The lowest BCUT2D eigenvalue weighted by Crippen LogP contribution is -2.34. The van der Waals surface area contributed by atoms with E-state index in [9.17, 15) is 0 Å². The molecule has 2 bridgehead atoms. The zero-order valence-corrected chi connectivity index (χ0v) is 9.58. The number of hydrogen-bond acceptors (Lipinski definition) is 4. The minimum absolute atomic E-state index is 0.0865. The van der Waals surface area contributed by atoms with Gasteiger partial charge in [0.05, 0.1) is 5.69 Å². The molecule has 2 unspecified atom stereocenters. The minimum atomic E-state index is 0.0865. The van der Waals surface area contributed by atoms with Crippen molar-refractivity contribution in [2.45, 2.75) is 25.3 Å². The summed E-state index contributed by atoms with van der Waals surface area (Å²) < 4.78 is 0. The summed E-state index contributed by atoms with van der Waals surface area (Å²) in [4.78, 5) is 6.58. The Balaban J connectivity index is 1.98. The summed E-state index contributed by atoms with van der Waals surface area (Å²) in [6.07, 6.45) is 5.52. The largest absolute Gasteiger partial charge is 0.409 e. The molecule has 17 heavy (non-hydrogen) atoms. The fraction of sp³-hybridized carbons (Fsp3) is 0.500. The molecule has 5 heteroatoms. The van der Waals surface area contributed by atoms with Crippen molar-refractivity contribution in [3.8, 4) is 0 Å². The topological polar surface area (TPSA) is 74.7 Å². The van der Waals surface area contributed by atoms with E-state index in [0.29, 0.717) is 11.7 Å². The van der Waals surface area contributed by atoms with Gasteiger partial charge in [-0.2, -0.15) is 0 Å². The molecule has 1 saturated carbocycles. The zero-order chi connectivity index (χ0) is 11.8. The second-order valence-electron chi connectivity index (χ2n) is 4.84. The molecular formula is C12H16N4O. The van der Waals surface area contributed by atoms with E-state index in [1.807, 2.05) is 12.1 Å². The number of hydrogen-bond donors (Lipinski definition) is 2. The molecule has 1 aliphatic carbocycles. The number of oxime groups is 1. The summed E-state index contributed by atoms with van der Waals surface area (Å²) >= 11 is 0. The molecule has 1 aromatic heterocycles. The van der Waals surface area contributed by atoms with Gasteiger partial charge in [-0.15, -0.1) is 0 Å². The number of nitrogens with two attached hydrogens (primary N) is 1. The molecule has 90 valence electrons. The number of aromatic nitrogens is 1. The summed E-state index contributed by atoms with van der Waals surface area (Å²) in [6, 6.07) is 4.51. The van der Waals surface area contributed by atoms with Crippen molar-refractivity contribution < 1.29 is 5.21 Å². The maximum absolute atomic E-state index is 8.79. The number of fused-ring (bicyclic) bond motifs is 2. The van der Waals surface area contributed by atoms with E-state index in [2.05, 4.69) is 15.0 Å². The first-order valence-corrected chi connectivity index (χ1v) is 5.99. The van der Waals surface area contributed by atoms with Crippen molar-refractivity contribution in [1.29, 1.82) is 0 Å². The molecule has 0 amide bonds. The van der Waals surface area contributed by atoms with Gasteiger partial charge in [0.2, 0.25) is 0 Å². The predicted molar refractivity (Wildman–Crippen MR) is 65.2 cm³/mol. The van der Waals surface area contributed by atoms with Crippen molar-refractivity contribution in [2.75, 3.05) is 11.4 Å². The third-order valence-corrected chi connectivity index (χ3v) is 3.86. The van der Waals surface area contributed by atoms with E-state index in [0.717, 1.165) is 18.2 Å². The van der Waals surface area contributed by atoms with Gasteiger partial charge in [0.1, 0.15) is 5.69 Å².